The quantitative estimate of drug-likeness (QED) is 0.687. The highest BCUT2D eigenvalue weighted by Gasteiger charge is 2.32. The Balaban J connectivity index is 1.39. The molecular weight excluding hydrogens is 383 g/mol. The molecule has 0 radical (unpaired) electrons. The molecule has 0 spiro atoms. The summed E-state index contributed by atoms with van der Waals surface area (Å²) in [6.45, 7) is 2.30. The van der Waals surface area contributed by atoms with Gasteiger partial charge in [-0.2, -0.15) is 4.31 Å². The Labute approximate surface area is 162 Å². The van der Waals surface area contributed by atoms with Crippen molar-refractivity contribution in [1.82, 2.24) is 14.5 Å². The normalized spacial score (nSPS) is 16.3. The Bertz CT molecular complexity index is 1050. The molecule has 0 atom stereocenters. The number of hydrogen-bond donors (Lipinski definition) is 1. The van der Waals surface area contributed by atoms with Crippen molar-refractivity contribution in [2.75, 3.05) is 26.2 Å². The zero-order chi connectivity index (χ0) is 19.6. The standard InChI is InChI=1S/C19H19FN4O3S/c20-16-8-4-5-9-17(16)28(25,26)24-12-10-23(11-13-24)14-18-21-22-19(27-18)15-6-2-1-3-7-15/h1-9H,10-14H2/p+1. The fourth-order valence-corrected chi connectivity index (χ4v) is 4.76. The fraction of sp³-hybridized carbons (Fsp3) is 0.263. The maximum atomic E-state index is 13.9. The maximum Gasteiger partial charge on any atom is 0.271 e. The number of quaternary nitrogens is 1. The predicted molar refractivity (Wildman–Crippen MR) is 99.3 cm³/mol. The van der Waals surface area contributed by atoms with Crippen molar-refractivity contribution >= 4 is 10.0 Å². The molecule has 146 valence electrons. The minimum Gasteiger partial charge on any atom is -0.415 e. The number of nitrogens with zero attached hydrogens (tertiary/aromatic N) is 3. The van der Waals surface area contributed by atoms with Crippen molar-refractivity contribution in [3.8, 4) is 11.5 Å². The number of rotatable bonds is 5. The number of piperazine rings is 1. The molecule has 0 amide bonds. The van der Waals surface area contributed by atoms with Crippen LogP contribution in [0.4, 0.5) is 4.39 Å². The number of benzene rings is 2. The first kappa shape index (κ1) is 18.7. The lowest BCUT2D eigenvalue weighted by Gasteiger charge is -2.30. The van der Waals surface area contributed by atoms with E-state index in [2.05, 4.69) is 10.2 Å². The van der Waals surface area contributed by atoms with Gasteiger partial charge in [0, 0.05) is 5.56 Å². The first-order chi connectivity index (χ1) is 13.5. The van der Waals surface area contributed by atoms with E-state index in [1.165, 1.54) is 22.5 Å². The van der Waals surface area contributed by atoms with Crippen LogP contribution < -0.4 is 4.90 Å². The Morgan fingerprint density at radius 1 is 1.00 bits per heavy atom. The average Bonchev–Trinajstić information content (AvgIpc) is 3.18. The Hall–Kier alpha value is -2.62. The van der Waals surface area contributed by atoms with E-state index < -0.39 is 15.8 Å². The average molecular weight is 403 g/mol. The Morgan fingerprint density at radius 2 is 1.68 bits per heavy atom. The van der Waals surface area contributed by atoms with Crippen molar-refractivity contribution in [1.29, 1.82) is 0 Å². The number of hydrogen-bond acceptors (Lipinski definition) is 5. The molecule has 1 aliphatic rings. The summed E-state index contributed by atoms with van der Waals surface area (Å²) >= 11 is 0. The van der Waals surface area contributed by atoms with Gasteiger partial charge in [-0.1, -0.05) is 30.3 Å². The van der Waals surface area contributed by atoms with Gasteiger partial charge in [0.25, 0.3) is 5.89 Å². The van der Waals surface area contributed by atoms with Crippen LogP contribution in [0.3, 0.4) is 0 Å². The Kier molecular flexibility index (Phi) is 5.21. The molecule has 0 saturated carbocycles. The van der Waals surface area contributed by atoms with E-state index in [-0.39, 0.29) is 4.90 Å². The number of aromatic nitrogens is 2. The van der Waals surface area contributed by atoms with Gasteiger partial charge in [-0.05, 0) is 24.3 Å². The van der Waals surface area contributed by atoms with Crippen LogP contribution in [0.1, 0.15) is 5.89 Å². The molecule has 28 heavy (non-hydrogen) atoms. The number of sulfonamides is 1. The molecule has 0 unspecified atom stereocenters. The van der Waals surface area contributed by atoms with Crippen LogP contribution in [-0.2, 0) is 16.6 Å². The van der Waals surface area contributed by atoms with E-state index in [0.29, 0.717) is 44.5 Å². The number of nitrogens with one attached hydrogen (secondary N) is 1. The van der Waals surface area contributed by atoms with Gasteiger partial charge in [-0.15, -0.1) is 10.2 Å². The summed E-state index contributed by atoms with van der Waals surface area (Å²) in [5.41, 5.74) is 0.858. The van der Waals surface area contributed by atoms with Gasteiger partial charge in [0.05, 0.1) is 26.2 Å². The topological polar surface area (TPSA) is 80.7 Å². The molecule has 2 heterocycles. The highest BCUT2D eigenvalue weighted by molar-refractivity contribution is 7.89. The summed E-state index contributed by atoms with van der Waals surface area (Å²) in [7, 11) is -3.83. The summed E-state index contributed by atoms with van der Waals surface area (Å²) in [6.07, 6.45) is 0. The molecule has 4 rings (SSSR count). The summed E-state index contributed by atoms with van der Waals surface area (Å²) in [5, 5.41) is 8.17. The van der Waals surface area contributed by atoms with Crippen LogP contribution in [0.25, 0.3) is 11.5 Å². The summed E-state index contributed by atoms with van der Waals surface area (Å²) in [4.78, 5) is 0.867. The van der Waals surface area contributed by atoms with Crippen molar-refractivity contribution in [2.45, 2.75) is 11.4 Å². The highest BCUT2D eigenvalue weighted by Crippen LogP contribution is 2.19. The highest BCUT2D eigenvalue weighted by atomic mass is 32.2. The lowest BCUT2D eigenvalue weighted by atomic mass is 10.2. The SMILES string of the molecule is O=S(=O)(c1ccccc1F)N1CC[NH+](Cc2nnc(-c3ccccc3)o2)CC1. The number of halogens is 1. The second kappa shape index (κ2) is 7.78. The van der Waals surface area contributed by atoms with Crippen LogP contribution in [0, 0.1) is 5.82 Å². The molecule has 1 saturated heterocycles. The minimum atomic E-state index is -3.83. The molecule has 1 aromatic heterocycles. The lowest BCUT2D eigenvalue weighted by Crippen LogP contribution is -3.13. The van der Waals surface area contributed by atoms with E-state index in [0.717, 1.165) is 16.5 Å². The molecule has 0 aliphatic carbocycles. The lowest BCUT2D eigenvalue weighted by molar-refractivity contribution is -0.918. The van der Waals surface area contributed by atoms with Gasteiger partial charge in [0.2, 0.25) is 15.9 Å². The predicted octanol–water partition coefficient (Wildman–Crippen LogP) is 0.965. The second-order valence-electron chi connectivity index (χ2n) is 6.63. The monoisotopic (exact) mass is 403 g/mol. The largest absolute Gasteiger partial charge is 0.415 e. The second-order valence-corrected chi connectivity index (χ2v) is 8.53. The van der Waals surface area contributed by atoms with Crippen LogP contribution in [0.5, 0.6) is 0 Å². The van der Waals surface area contributed by atoms with Gasteiger partial charge < -0.3 is 9.32 Å². The van der Waals surface area contributed by atoms with E-state index in [4.69, 9.17) is 4.42 Å². The van der Waals surface area contributed by atoms with Crippen LogP contribution in [0.15, 0.2) is 63.9 Å². The van der Waals surface area contributed by atoms with Crippen molar-refractivity contribution in [2.24, 2.45) is 0 Å². The summed E-state index contributed by atoms with van der Waals surface area (Å²) < 4.78 is 46.3. The third kappa shape index (κ3) is 3.82. The molecule has 1 N–H and O–H groups in total. The van der Waals surface area contributed by atoms with Gasteiger partial charge in [-0.25, -0.2) is 12.8 Å². The third-order valence-electron chi connectivity index (χ3n) is 4.77. The zero-order valence-electron chi connectivity index (χ0n) is 15.1. The molecule has 7 nitrogen and oxygen atoms in total. The van der Waals surface area contributed by atoms with E-state index in [1.54, 1.807) is 0 Å². The molecule has 3 aromatic rings. The smallest absolute Gasteiger partial charge is 0.271 e. The molecule has 1 fully saturated rings. The first-order valence-corrected chi connectivity index (χ1v) is 10.4. The van der Waals surface area contributed by atoms with Crippen molar-refractivity contribution < 1.29 is 22.1 Å². The third-order valence-corrected chi connectivity index (χ3v) is 6.70. The van der Waals surface area contributed by atoms with E-state index >= 15 is 0 Å². The maximum absolute atomic E-state index is 13.9. The summed E-state index contributed by atoms with van der Waals surface area (Å²) in [6, 6.07) is 15.0. The van der Waals surface area contributed by atoms with Crippen molar-refractivity contribution in [3.05, 3.63) is 66.3 Å². The Morgan fingerprint density at radius 3 is 2.39 bits per heavy atom. The van der Waals surface area contributed by atoms with Crippen LogP contribution in [-0.4, -0.2) is 49.1 Å². The summed E-state index contributed by atoms with van der Waals surface area (Å²) in [5.74, 6) is 0.256. The minimum absolute atomic E-state index is 0.275. The zero-order valence-corrected chi connectivity index (χ0v) is 15.9. The molecule has 1 aliphatic heterocycles. The van der Waals surface area contributed by atoms with Gasteiger partial charge in [0.1, 0.15) is 10.7 Å². The van der Waals surface area contributed by atoms with Crippen LogP contribution in [0.2, 0.25) is 0 Å². The van der Waals surface area contributed by atoms with Crippen LogP contribution >= 0.6 is 0 Å². The van der Waals surface area contributed by atoms with Gasteiger partial charge >= 0.3 is 0 Å². The van der Waals surface area contributed by atoms with E-state index in [1.807, 2.05) is 30.3 Å². The van der Waals surface area contributed by atoms with Gasteiger partial charge in [-0.3, -0.25) is 0 Å². The fourth-order valence-electron chi connectivity index (χ4n) is 3.25. The molecular formula is C19H20FN4O3S+. The van der Waals surface area contributed by atoms with Crippen molar-refractivity contribution in [3.63, 3.8) is 0 Å². The molecule has 9 heteroatoms. The molecule has 2 aromatic carbocycles. The van der Waals surface area contributed by atoms with E-state index in [9.17, 15) is 12.8 Å². The molecule has 0 bridgehead atoms. The first-order valence-electron chi connectivity index (χ1n) is 9.00. The van der Waals surface area contributed by atoms with Gasteiger partial charge in [0.15, 0.2) is 6.54 Å².